The Labute approximate surface area is 239 Å². The van der Waals surface area contributed by atoms with E-state index in [4.69, 9.17) is 27.6 Å². The molecule has 0 saturated carbocycles. The largest absolute Gasteiger partial charge is 0.449 e. The number of anilines is 2. The number of amides is 2. The van der Waals surface area contributed by atoms with Crippen molar-refractivity contribution >= 4 is 67.2 Å². The molecule has 0 unspecified atom stereocenters. The van der Waals surface area contributed by atoms with Gasteiger partial charge in [-0.25, -0.2) is 18.4 Å². The van der Waals surface area contributed by atoms with Crippen LogP contribution in [0.3, 0.4) is 0 Å². The van der Waals surface area contributed by atoms with Crippen LogP contribution in [0, 0.1) is 6.92 Å². The predicted octanol–water partition coefficient (Wildman–Crippen LogP) is 6.32. The molecular formula is C28H20Cl2N4O5S. The van der Waals surface area contributed by atoms with Crippen LogP contribution in [0.1, 0.15) is 32.2 Å². The quantitative estimate of drug-likeness (QED) is 0.211. The third kappa shape index (κ3) is 5.69. The maximum Gasteiger partial charge on any atom is 0.293 e. The molecule has 0 aliphatic carbocycles. The number of aromatic nitrogens is 2. The van der Waals surface area contributed by atoms with Gasteiger partial charge in [-0.1, -0.05) is 59.6 Å². The van der Waals surface area contributed by atoms with E-state index in [0.29, 0.717) is 27.2 Å². The SMILES string of the molecule is Cc1ccccc1CS(=O)(=O)c1ncc(Cl)c(C(=O)Nc2c(C(=O)Nc3ccc(Cl)cc3)oc3ccccc23)n1. The number of nitrogens with zero attached hydrogens (tertiary/aromatic N) is 2. The Morgan fingerprint density at radius 3 is 2.35 bits per heavy atom. The van der Waals surface area contributed by atoms with Gasteiger partial charge in [0, 0.05) is 16.1 Å². The summed E-state index contributed by atoms with van der Waals surface area (Å²) in [5.74, 6) is -2.03. The van der Waals surface area contributed by atoms with Gasteiger partial charge in [0.15, 0.2) is 5.69 Å². The number of fused-ring (bicyclic) bond motifs is 1. The lowest BCUT2D eigenvalue weighted by molar-refractivity contribution is 0.0999. The molecule has 2 amide bonds. The maximum absolute atomic E-state index is 13.4. The van der Waals surface area contributed by atoms with Crippen LogP contribution in [-0.2, 0) is 15.6 Å². The molecule has 3 aromatic carbocycles. The minimum absolute atomic E-state index is 0.0612. The highest BCUT2D eigenvalue weighted by Crippen LogP contribution is 2.32. The van der Waals surface area contributed by atoms with E-state index < -0.39 is 26.8 Å². The Bertz CT molecular complexity index is 1870. The van der Waals surface area contributed by atoms with E-state index >= 15 is 0 Å². The summed E-state index contributed by atoms with van der Waals surface area (Å²) in [7, 11) is -4.02. The molecule has 5 rings (SSSR count). The molecule has 2 aromatic heterocycles. The lowest BCUT2D eigenvalue weighted by Gasteiger charge is -2.10. The Balaban J connectivity index is 1.47. The van der Waals surface area contributed by atoms with Gasteiger partial charge in [0.25, 0.3) is 11.8 Å². The van der Waals surface area contributed by atoms with Crippen LogP contribution < -0.4 is 10.6 Å². The van der Waals surface area contributed by atoms with Gasteiger partial charge in [-0.3, -0.25) is 9.59 Å². The van der Waals surface area contributed by atoms with Crippen molar-refractivity contribution in [2.45, 2.75) is 17.8 Å². The molecule has 0 atom stereocenters. The predicted molar refractivity (Wildman–Crippen MR) is 153 cm³/mol. The standard InChI is InChI=1S/C28H20Cl2N4O5S/c1-16-6-2-3-7-17(16)15-40(37,38)28-31-14-21(30)24(34-28)26(35)33-23-20-8-4-5-9-22(20)39-25(23)27(36)32-19-12-10-18(29)11-13-19/h2-14H,15H2,1H3,(H,32,36)(H,33,35). The molecule has 0 aliphatic rings. The number of carbonyl (C=O) groups excluding carboxylic acids is 2. The lowest BCUT2D eigenvalue weighted by atomic mass is 10.1. The summed E-state index contributed by atoms with van der Waals surface area (Å²) >= 11 is 12.1. The Hall–Kier alpha value is -4.25. The first-order valence-corrected chi connectivity index (χ1v) is 14.2. The molecule has 40 heavy (non-hydrogen) atoms. The summed E-state index contributed by atoms with van der Waals surface area (Å²) in [6.45, 7) is 1.79. The third-order valence-corrected chi connectivity index (χ3v) is 7.94. The zero-order chi connectivity index (χ0) is 28.4. The third-order valence-electron chi connectivity index (χ3n) is 5.96. The van der Waals surface area contributed by atoms with Gasteiger partial charge in [-0.05, 0) is 54.4 Å². The lowest BCUT2D eigenvalue weighted by Crippen LogP contribution is -2.20. The highest BCUT2D eigenvalue weighted by molar-refractivity contribution is 7.90. The van der Waals surface area contributed by atoms with Crippen LogP contribution >= 0.6 is 23.2 Å². The minimum Gasteiger partial charge on any atom is -0.449 e. The summed E-state index contributed by atoms with van der Waals surface area (Å²) in [4.78, 5) is 34.4. The first kappa shape index (κ1) is 27.3. The first-order valence-electron chi connectivity index (χ1n) is 11.8. The number of sulfone groups is 1. The zero-order valence-electron chi connectivity index (χ0n) is 20.8. The van der Waals surface area contributed by atoms with Crippen molar-refractivity contribution < 1.29 is 22.4 Å². The number of hydrogen-bond donors (Lipinski definition) is 2. The summed E-state index contributed by atoms with van der Waals surface area (Å²) in [6.07, 6.45) is 1.05. The van der Waals surface area contributed by atoms with Crippen LogP contribution in [0.15, 0.2) is 88.6 Å². The first-order chi connectivity index (χ1) is 19.1. The van der Waals surface area contributed by atoms with E-state index in [0.717, 1.165) is 11.8 Å². The van der Waals surface area contributed by atoms with E-state index in [1.54, 1.807) is 79.7 Å². The van der Waals surface area contributed by atoms with E-state index in [1.807, 2.05) is 0 Å². The van der Waals surface area contributed by atoms with Crippen molar-refractivity contribution in [1.29, 1.82) is 0 Å². The number of furan rings is 1. The summed E-state index contributed by atoms with van der Waals surface area (Å²) < 4.78 is 32.0. The molecule has 0 fully saturated rings. The van der Waals surface area contributed by atoms with E-state index in [1.165, 1.54) is 0 Å². The molecule has 5 aromatic rings. The van der Waals surface area contributed by atoms with E-state index in [9.17, 15) is 18.0 Å². The van der Waals surface area contributed by atoms with Crippen LogP contribution in [0.5, 0.6) is 0 Å². The smallest absolute Gasteiger partial charge is 0.293 e. The molecule has 0 radical (unpaired) electrons. The van der Waals surface area contributed by atoms with Gasteiger partial charge in [0.1, 0.15) is 11.3 Å². The van der Waals surface area contributed by atoms with Gasteiger partial charge in [0.05, 0.1) is 17.0 Å². The zero-order valence-corrected chi connectivity index (χ0v) is 23.1. The van der Waals surface area contributed by atoms with Gasteiger partial charge in [0.2, 0.25) is 20.8 Å². The molecule has 0 aliphatic heterocycles. The van der Waals surface area contributed by atoms with Gasteiger partial charge < -0.3 is 15.1 Å². The topological polar surface area (TPSA) is 131 Å². The van der Waals surface area contributed by atoms with Gasteiger partial charge in [-0.15, -0.1) is 0 Å². The second kappa shape index (κ2) is 11.1. The fraction of sp³-hybridized carbons (Fsp3) is 0.0714. The highest BCUT2D eigenvalue weighted by atomic mass is 35.5. The molecule has 2 N–H and O–H groups in total. The number of para-hydroxylation sites is 1. The number of rotatable bonds is 7. The van der Waals surface area contributed by atoms with Crippen molar-refractivity contribution in [1.82, 2.24) is 9.97 Å². The Kier molecular flexibility index (Phi) is 7.57. The number of carbonyl (C=O) groups is 2. The fourth-order valence-corrected chi connectivity index (χ4v) is 5.53. The van der Waals surface area contributed by atoms with Crippen LogP contribution in [0.2, 0.25) is 10.0 Å². The normalized spacial score (nSPS) is 11.4. The van der Waals surface area contributed by atoms with Crippen LogP contribution in [-0.4, -0.2) is 30.2 Å². The molecule has 202 valence electrons. The highest BCUT2D eigenvalue weighted by Gasteiger charge is 2.27. The summed E-state index contributed by atoms with van der Waals surface area (Å²) in [5, 5.41) is 5.52. The number of hydrogen-bond acceptors (Lipinski definition) is 7. The number of halogens is 2. The monoisotopic (exact) mass is 594 g/mol. The van der Waals surface area contributed by atoms with Crippen LogP contribution in [0.4, 0.5) is 11.4 Å². The molecule has 0 spiro atoms. The molecule has 0 saturated heterocycles. The second-order valence-corrected chi connectivity index (χ2v) is 11.5. The Morgan fingerprint density at radius 2 is 1.60 bits per heavy atom. The van der Waals surface area contributed by atoms with Crippen LogP contribution in [0.25, 0.3) is 11.0 Å². The minimum atomic E-state index is -4.02. The molecule has 9 nitrogen and oxygen atoms in total. The molecule has 0 bridgehead atoms. The van der Waals surface area contributed by atoms with E-state index in [-0.39, 0.29) is 27.9 Å². The van der Waals surface area contributed by atoms with E-state index in [2.05, 4.69) is 20.6 Å². The maximum atomic E-state index is 13.4. The average molecular weight is 595 g/mol. The van der Waals surface area contributed by atoms with Gasteiger partial charge in [-0.2, -0.15) is 0 Å². The van der Waals surface area contributed by atoms with Gasteiger partial charge >= 0.3 is 0 Å². The fourth-order valence-electron chi connectivity index (χ4n) is 3.92. The summed E-state index contributed by atoms with van der Waals surface area (Å²) in [5.41, 5.74) is 1.84. The van der Waals surface area contributed by atoms with Crippen molar-refractivity contribution in [3.05, 3.63) is 112 Å². The molecule has 2 heterocycles. The number of benzene rings is 3. The van der Waals surface area contributed by atoms with Crippen molar-refractivity contribution in [2.75, 3.05) is 10.6 Å². The number of nitrogens with one attached hydrogen (secondary N) is 2. The second-order valence-electron chi connectivity index (χ2n) is 8.75. The molecule has 12 heteroatoms. The molecular weight excluding hydrogens is 575 g/mol. The number of aryl methyl sites for hydroxylation is 1. The van der Waals surface area contributed by atoms with Crippen molar-refractivity contribution in [2.24, 2.45) is 0 Å². The average Bonchev–Trinajstić information content (AvgIpc) is 3.29. The van der Waals surface area contributed by atoms with Crippen molar-refractivity contribution in [3.8, 4) is 0 Å². The van der Waals surface area contributed by atoms with Crippen molar-refractivity contribution in [3.63, 3.8) is 0 Å². The Morgan fingerprint density at radius 1 is 0.900 bits per heavy atom. The summed E-state index contributed by atoms with van der Waals surface area (Å²) in [6, 6.07) is 20.2.